The molecular formula is C46H36N2O4. The lowest BCUT2D eigenvalue weighted by Gasteiger charge is -2.32. The molecule has 6 nitrogen and oxygen atoms in total. The van der Waals surface area contributed by atoms with Gasteiger partial charge >= 0.3 is 0 Å². The number of hydrogen-bond acceptors (Lipinski definition) is 4. The molecule has 0 spiro atoms. The maximum Gasteiger partial charge on any atom is 0.238 e. The molecule has 9 rings (SSSR count). The summed E-state index contributed by atoms with van der Waals surface area (Å²) in [5.41, 5.74) is 4.61. The standard InChI is InChI=1S/C46H36N2O4/c49-43-39-35(29-14-5-1-6-15-29)24-25-36(30-16-7-2-8-17-30)40(39)44(50)47(43)33-22-13-23-34(28-33)48-45(51)41-37(31-18-9-3-10-19-31)26-27-38(42(41)46(48)52)32-20-11-4-12-21-32/h1-28,35-42H/t35-,36-,37-,38-,39-,40+,41+,42+/m1/s1. The predicted octanol–water partition coefficient (Wildman–Crippen LogP) is 8.17. The van der Waals surface area contributed by atoms with Crippen LogP contribution in [0.2, 0.25) is 0 Å². The largest absolute Gasteiger partial charge is 0.274 e. The second-order valence-electron chi connectivity index (χ2n) is 14.2. The van der Waals surface area contributed by atoms with E-state index in [1.807, 2.05) is 121 Å². The first kappa shape index (κ1) is 31.8. The molecule has 2 aliphatic heterocycles. The zero-order valence-corrected chi connectivity index (χ0v) is 28.3. The molecule has 4 aliphatic rings. The van der Waals surface area contributed by atoms with Gasteiger partial charge in [-0.3, -0.25) is 19.2 Å². The minimum absolute atomic E-state index is 0.280. The smallest absolute Gasteiger partial charge is 0.238 e. The van der Waals surface area contributed by atoms with E-state index < -0.39 is 23.7 Å². The number of carbonyl (C=O) groups is 4. The van der Waals surface area contributed by atoms with Gasteiger partial charge in [-0.25, -0.2) is 9.80 Å². The van der Waals surface area contributed by atoms with Crippen LogP contribution in [-0.2, 0) is 19.2 Å². The minimum atomic E-state index is -0.615. The minimum Gasteiger partial charge on any atom is -0.274 e. The third kappa shape index (κ3) is 5.09. The van der Waals surface area contributed by atoms with Gasteiger partial charge in [-0.2, -0.15) is 0 Å². The van der Waals surface area contributed by atoms with Crippen LogP contribution in [0.25, 0.3) is 0 Å². The van der Waals surface area contributed by atoms with Gasteiger partial charge in [0, 0.05) is 23.7 Å². The number of rotatable bonds is 6. The van der Waals surface area contributed by atoms with Crippen molar-refractivity contribution in [2.24, 2.45) is 23.7 Å². The van der Waals surface area contributed by atoms with Crippen molar-refractivity contribution < 1.29 is 19.2 Å². The highest BCUT2D eigenvalue weighted by Gasteiger charge is 2.57. The molecular weight excluding hydrogens is 645 g/mol. The Morgan fingerprint density at radius 2 is 0.558 bits per heavy atom. The maximum absolute atomic E-state index is 14.6. The van der Waals surface area contributed by atoms with Crippen molar-refractivity contribution in [3.05, 3.63) is 192 Å². The lowest BCUT2D eigenvalue weighted by atomic mass is 9.68. The molecule has 0 bridgehead atoms. The zero-order valence-electron chi connectivity index (χ0n) is 28.3. The quantitative estimate of drug-likeness (QED) is 0.134. The molecule has 8 atom stereocenters. The van der Waals surface area contributed by atoms with Crippen molar-refractivity contribution in [1.29, 1.82) is 0 Å². The Balaban J connectivity index is 1.10. The molecule has 0 aromatic heterocycles. The fourth-order valence-electron chi connectivity index (χ4n) is 9.15. The van der Waals surface area contributed by atoms with Gasteiger partial charge in [0.25, 0.3) is 0 Å². The molecule has 4 amide bonds. The number of hydrogen-bond donors (Lipinski definition) is 0. The van der Waals surface area contributed by atoms with Crippen LogP contribution < -0.4 is 9.80 Å². The molecule has 2 saturated heterocycles. The molecule has 2 aliphatic carbocycles. The zero-order chi connectivity index (χ0) is 35.3. The van der Waals surface area contributed by atoms with Crippen LogP contribution in [0.4, 0.5) is 11.4 Å². The molecule has 2 heterocycles. The second-order valence-corrected chi connectivity index (χ2v) is 14.2. The molecule has 52 heavy (non-hydrogen) atoms. The molecule has 5 aromatic carbocycles. The maximum atomic E-state index is 14.6. The Morgan fingerprint density at radius 1 is 0.308 bits per heavy atom. The molecule has 6 heteroatoms. The third-order valence-electron chi connectivity index (χ3n) is 11.5. The number of benzene rings is 5. The number of anilines is 2. The summed E-state index contributed by atoms with van der Waals surface area (Å²) in [5, 5.41) is 0. The van der Waals surface area contributed by atoms with E-state index >= 15 is 0 Å². The first-order valence-corrected chi connectivity index (χ1v) is 17.9. The SMILES string of the molecule is O=C1[C@@H]2[C@@H](C(=O)N1c1cccc(N3C(=O)[C@@H]4[C@H](C3=O)[C@@H](c3ccccc3)C=C[C@@H]4c3ccccc3)c1)[C@@H](c1ccccc1)C=C[C@@H]2c1ccccc1. The van der Waals surface area contributed by atoms with Crippen LogP contribution in [0.15, 0.2) is 170 Å². The number of imide groups is 2. The average molecular weight is 681 g/mol. The summed E-state index contributed by atoms with van der Waals surface area (Å²) in [7, 11) is 0. The molecule has 5 aromatic rings. The lowest BCUT2D eigenvalue weighted by molar-refractivity contribution is -0.124. The van der Waals surface area contributed by atoms with E-state index in [9.17, 15) is 19.2 Å². The molecule has 254 valence electrons. The molecule has 0 radical (unpaired) electrons. The van der Waals surface area contributed by atoms with Gasteiger partial charge in [-0.05, 0) is 40.5 Å². The molecule has 0 saturated carbocycles. The fraction of sp³-hybridized carbons (Fsp3) is 0.174. The van der Waals surface area contributed by atoms with E-state index in [4.69, 9.17) is 0 Å². The van der Waals surface area contributed by atoms with Crippen LogP contribution >= 0.6 is 0 Å². The first-order chi connectivity index (χ1) is 25.5. The highest BCUT2D eigenvalue weighted by atomic mass is 16.2. The lowest BCUT2D eigenvalue weighted by Crippen LogP contribution is -2.33. The van der Waals surface area contributed by atoms with Crippen LogP contribution in [0.1, 0.15) is 45.9 Å². The highest BCUT2D eigenvalue weighted by molar-refractivity contribution is 6.25. The van der Waals surface area contributed by atoms with Gasteiger partial charge in [-0.15, -0.1) is 0 Å². The number of nitrogens with zero attached hydrogens (tertiary/aromatic N) is 2. The second kappa shape index (κ2) is 12.9. The Bertz CT molecular complexity index is 1940. The van der Waals surface area contributed by atoms with Crippen molar-refractivity contribution >= 4 is 35.0 Å². The highest BCUT2D eigenvalue weighted by Crippen LogP contribution is 2.52. The van der Waals surface area contributed by atoms with E-state index in [1.54, 1.807) is 24.3 Å². The predicted molar refractivity (Wildman–Crippen MR) is 200 cm³/mol. The van der Waals surface area contributed by atoms with Gasteiger partial charge in [-0.1, -0.05) is 152 Å². The Hall–Kier alpha value is -6.14. The monoisotopic (exact) mass is 680 g/mol. The Morgan fingerprint density at radius 3 is 0.808 bits per heavy atom. The Kier molecular flexibility index (Phi) is 7.88. The number of fused-ring (bicyclic) bond motifs is 2. The van der Waals surface area contributed by atoms with Crippen molar-refractivity contribution in [1.82, 2.24) is 0 Å². The molecule has 0 N–H and O–H groups in total. The van der Waals surface area contributed by atoms with Gasteiger partial charge in [0.1, 0.15) is 0 Å². The van der Waals surface area contributed by atoms with Crippen molar-refractivity contribution in [3.63, 3.8) is 0 Å². The summed E-state index contributed by atoms with van der Waals surface area (Å²) in [6.45, 7) is 0. The van der Waals surface area contributed by atoms with E-state index in [2.05, 4.69) is 24.3 Å². The van der Waals surface area contributed by atoms with E-state index in [-0.39, 0.29) is 47.3 Å². The number of allylic oxidation sites excluding steroid dienone is 4. The summed E-state index contributed by atoms with van der Waals surface area (Å²) in [5.74, 6) is -4.70. The normalized spacial score (nSPS) is 27.9. The van der Waals surface area contributed by atoms with Crippen molar-refractivity contribution in [3.8, 4) is 0 Å². The molecule has 2 fully saturated rings. The Labute approximate surface area is 302 Å². The third-order valence-corrected chi connectivity index (χ3v) is 11.5. The summed E-state index contributed by atoms with van der Waals surface area (Å²) >= 11 is 0. The van der Waals surface area contributed by atoms with E-state index in [0.717, 1.165) is 22.3 Å². The fourth-order valence-corrected chi connectivity index (χ4v) is 9.15. The number of amides is 4. The average Bonchev–Trinajstić information content (AvgIpc) is 3.63. The van der Waals surface area contributed by atoms with Crippen LogP contribution in [0, 0.1) is 23.7 Å². The van der Waals surface area contributed by atoms with Gasteiger partial charge < -0.3 is 0 Å². The van der Waals surface area contributed by atoms with Gasteiger partial charge in [0.15, 0.2) is 0 Å². The van der Waals surface area contributed by atoms with Crippen molar-refractivity contribution in [2.75, 3.05) is 9.80 Å². The van der Waals surface area contributed by atoms with Gasteiger partial charge in [0.05, 0.1) is 35.0 Å². The van der Waals surface area contributed by atoms with Crippen LogP contribution in [0.3, 0.4) is 0 Å². The first-order valence-electron chi connectivity index (χ1n) is 17.9. The van der Waals surface area contributed by atoms with Crippen LogP contribution in [-0.4, -0.2) is 23.6 Å². The summed E-state index contributed by atoms with van der Waals surface area (Å²) < 4.78 is 0. The molecule has 0 unspecified atom stereocenters. The van der Waals surface area contributed by atoms with E-state index in [0.29, 0.717) is 11.4 Å². The van der Waals surface area contributed by atoms with Crippen molar-refractivity contribution in [2.45, 2.75) is 23.7 Å². The topological polar surface area (TPSA) is 74.8 Å². The number of carbonyl (C=O) groups excluding carboxylic acids is 4. The van der Waals surface area contributed by atoms with Crippen LogP contribution in [0.5, 0.6) is 0 Å². The summed E-state index contributed by atoms with van der Waals surface area (Å²) in [6.07, 6.45) is 8.29. The van der Waals surface area contributed by atoms with E-state index in [1.165, 1.54) is 9.80 Å². The summed E-state index contributed by atoms with van der Waals surface area (Å²) in [4.78, 5) is 60.9. The van der Waals surface area contributed by atoms with Gasteiger partial charge in [0.2, 0.25) is 23.6 Å². The summed E-state index contributed by atoms with van der Waals surface area (Å²) in [6, 6.07) is 46.2.